The third kappa shape index (κ3) is 4.85. The van der Waals surface area contributed by atoms with Crippen molar-refractivity contribution in [2.45, 2.75) is 25.2 Å². The summed E-state index contributed by atoms with van der Waals surface area (Å²) >= 11 is 0. The number of ether oxygens (including phenoxy) is 1. The van der Waals surface area contributed by atoms with Crippen LogP contribution in [0.15, 0.2) is 24.3 Å². The number of morpholine rings is 1. The van der Waals surface area contributed by atoms with E-state index in [1.807, 2.05) is 24.3 Å². The van der Waals surface area contributed by atoms with Gasteiger partial charge in [-0.05, 0) is 18.1 Å². The molecule has 5 nitrogen and oxygen atoms in total. The van der Waals surface area contributed by atoms with Crippen molar-refractivity contribution in [2.24, 2.45) is 0 Å². The van der Waals surface area contributed by atoms with E-state index >= 15 is 0 Å². The van der Waals surface area contributed by atoms with E-state index in [9.17, 15) is 18.0 Å². The molecule has 0 radical (unpaired) electrons. The van der Waals surface area contributed by atoms with Crippen LogP contribution in [0, 0.1) is 0 Å². The molecule has 0 bridgehead atoms. The Kier molecular flexibility index (Phi) is 5.48. The first-order valence-corrected chi connectivity index (χ1v) is 8.42. The number of nitrogens with one attached hydrogen (secondary N) is 1. The lowest BCUT2D eigenvalue weighted by molar-refractivity contribution is -0.157. The first-order chi connectivity index (χ1) is 11.9. The third-order valence-corrected chi connectivity index (χ3v) is 4.51. The van der Waals surface area contributed by atoms with Gasteiger partial charge >= 0.3 is 6.18 Å². The number of anilines is 1. The van der Waals surface area contributed by atoms with Crippen molar-refractivity contribution in [1.82, 2.24) is 9.80 Å². The van der Waals surface area contributed by atoms with Crippen LogP contribution < -0.4 is 5.32 Å². The first kappa shape index (κ1) is 18.0. The van der Waals surface area contributed by atoms with Crippen LogP contribution in [-0.2, 0) is 16.1 Å². The zero-order valence-corrected chi connectivity index (χ0v) is 13.9. The molecule has 1 aromatic rings. The van der Waals surface area contributed by atoms with E-state index in [1.54, 1.807) is 0 Å². The van der Waals surface area contributed by atoms with Gasteiger partial charge in [-0.3, -0.25) is 9.69 Å². The summed E-state index contributed by atoms with van der Waals surface area (Å²) in [5.74, 6) is -0.487. The molecule has 0 unspecified atom stereocenters. The summed E-state index contributed by atoms with van der Waals surface area (Å²) in [4.78, 5) is 15.4. The molecule has 2 fully saturated rings. The third-order valence-electron chi connectivity index (χ3n) is 4.51. The Hall–Kier alpha value is -1.80. The zero-order chi connectivity index (χ0) is 17.9. The minimum absolute atomic E-state index is 0.127. The molecule has 2 heterocycles. The summed E-state index contributed by atoms with van der Waals surface area (Å²) in [6, 6.07) is 7.03. The molecule has 8 heteroatoms. The molecule has 2 aliphatic rings. The Morgan fingerprint density at radius 2 is 1.88 bits per heavy atom. The second-order valence-corrected chi connectivity index (χ2v) is 6.41. The van der Waals surface area contributed by atoms with Gasteiger partial charge < -0.3 is 15.0 Å². The number of benzene rings is 1. The number of halogens is 3. The van der Waals surface area contributed by atoms with E-state index in [4.69, 9.17) is 4.74 Å². The Morgan fingerprint density at radius 3 is 2.60 bits per heavy atom. The number of carbonyl (C=O) groups is 1. The van der Waals surface area contributed by atoms with Gasteiger partial charge in [0, 0.05) is 31.9 Å². The quantitative estimate of drug-likeness (QED) is 0.877. The zero-order valence-electron chi connectivity index (χ0n) is 13.9. The van der Waals surface area contributed by atoms with Crippen LogP contribution in [0.4, 0.5) is 18.9 Å². The number of para-hydroxylation sites is 1. The molecule has 2 aliphatic heterocycles. The van der Waals surface area contributed by atoms with Crippen molar-refractivity contribution in [3.8, 4) is 0 Å². The summed E-state index contributed by atoms with van der Waals surface area (Å²) in [5, 5.41) is 3.15. The molecule has 138 valence electrons. The van der Waals surface area contributed by atoms with Gasteiger partial charge in [-0.2, -0.15) is 13.2 Å². The van der Waals surface area contributed by atoms with Gasteiger partial charge in [-0.25, -0.2) is 0 Å². The molecule has 0 aromatic heterocycles. The molecule has 3 rings (SSSR count). The van der Waals surface area contributed by atoms with Crippen LogP contribution in [-0.4, -0.2) is 67.3 Å². The Labute approximate surface area is 144 Å². The van der Waals surface area contributed by atoms with Gasteiger partial charge in [0.2, 0.25) is 5.91 Å². The van der Waals surface area contributed by atoms with Crippen molar-refractivity contribution >= 4 is 11.6 Å². The summed E-state index contributed by atoms with van der Waals surface area (Å²) in [6.45, 7) is 2.75. The fourth-order valence-electron chi connectivity index (χ4n) is 3.23. The molecule has 1 atom stereocenters. The summed E-state index contributed by atoms with van der Waals surface area (Å²) < 4.78 is 42.9. The first-order valence-electron chi connectivity index (χ1n) is 8.42. The molecule has 0 spiro atoms. The molecule has 1 amide bonds. The molecule has 0 aliphatic carbocycles. The van der Waals surface area contributed by atoms with Crippen LogP contribution in [0.3, 0.4) is 0 Å². The molecule has 1 aromatic carbocycles. The van der Waals surface area contributed by atoms with Crippen LogP contribution >= 0.6 is 0 Å². The molecular weight excluding hydrogens is 335 g/mol. The van der Waals surface area contributed by atoms with Crippen LogP contribution in [0.25, 0.3) is 0 Å². The summed E-state index contributed by atoms with van der Waals surface area (Å²) in [6.07, 6.45) is -3.99. The number of hydrogen-bond acceptors (Lipinski definition) is 4. The maximum absolute atomic E-state index is 12.5. The monoisotopic (exact) mass is 357 g/mol. The van der Waals surface area contributed by atoms with Crippen molar-refractivity contribution in [3.05, 3.63) is 29.8 Å². The van der Waals surface area contributed by atoms with Crippen LogP contribution in [0.5, 0.6) is 0 Å². The van der Waals surface area contributed by atoms with E-state index in [1.165, 1.54) is 0 Å². The van der Waals surface area contributed by atoms with Gasteiger partial charge in [-0.15, -0.1) is 0 Å². The average molecular weight is 357 g/mol. The number of alkyl halides is 3. The van der Waals surface area contributed by atoms with Gasteiger partial charge in [0.15, 0.2) is 0 Å². The predicted molar refractivity (Wildman–Crippen MR) is 87.2 cm³/mol. The molecule has 2 saturated heterocycles. The van der Waals surface area contributed by atoms with Crippen LogP contribution in [0.2, 0.25) is 0 Å². The van der Waals surface area contributed by atoms with Crippen molar-refractivity contribution < 1.29 is 22.7 Å². The second kappa shape index (κ2) is 7.61. The molecule has 1 N–H and O–H groups in total. The van der Waals surface area contributed by atoms with Gasteiger partial charge in [0.25, 0.3) is 0 Å². The molecule has 0 saturated carbocycles. The highest BCUT2D eigenvalue weighted by atomic mass is 19.4. The number of nitrogens with zero attached hydrogens (tertiary/aromatic N) is 2. The standard InChI is InChI=1S/C17H22F3N3O2/c18-17(19,20)12-23-6-5-15(16(23)24)21-14-4-2-1-3-13(14)11-22-7-9-25-10-8-22/h1-4,15,21H,5-12H2/t15-/m0/s1. The Morgan fingerprint density at radius 1 is 1.16 bits per heavy atom. The van der Waals surface area contributed by atoms with Gasteiger partial charge in [0.05, 0.1) is 13.2 Å². The Balaban J connectivity index is 1.64. The fourth-order valence-corrected chi connectivity index (χ4v) is 3.23. The van der Waals surface area contributed by atoms with Crippen molar-refractivity contribution in [3.63, 3.8) is 0 Å². The topological polar surface area (TPSA) is 44.8 Å². The van der Waals surface area contributed by atoms with E-state index in [2.05, 4.69) is 10.2 Å². The largest absolute Gasteiger partial charge is 0.406 e. The highest BCUT2D eigenvalue weighted by Gasteiger charge is 2.39. The van der Waals surface area contributed by atoms with Gasteiger partial charge in [0.1, 0.15) is 12.6 Å². The molecular formula is C17H22F3N3O2. The minimum atomic E-state index is -4.36. The summed E-state index contributed by atoms with van der Waals surface area (Å²) in [7, 11) is 0. The lowest BCUT2D eigenvalue weighted by atomic mass is 10.1. The van der Waals surface area contributed by atoms with Crippen LogP contribution in [0.1, 0.15) is 12.0 Å². The minimum Gasteiger partial charge on any atom is -0.379 e. The Bertz CT molecular complexity index is 603. The number of likely N-dealkylation sites (tertiary alicyclic amines) is 1. The average Bonchev–Trinajstić information content (AvgIpc) is 2.89. The lowest BCUT2D eigenvalue weighted by Gasteiger charge is -2.28. The fraction of sp³-hybridized carbons (Fsp3) is 0.588. The van der Waals surface area contributed by atoms with Crippen molar-refractivity contribution in [1.29, 1.82) is 0 Å². The van der Waals surface area contributed by atoms with Crippen molar-refractivity contribution in [2.75, 3.05) is 44.7 Å². The highest BCUT2D eigenvalue weighted by Crippen LogP contribution is 2.25. The summed E-state index contributed by atoms with van der Waals surface area (Å²) in [5.41, 5.74) is 1.84. The van der Waals surface area contributed by atoms with Gasteiger partial charge in [-0.1, -0.05) is 18.2 Å². The SMILES string of the molecule is O=C1[C@@H](Nc2ccccc2CN2CCOCC2)CCN1CC(F)(F)F. The lowest BCUT2D eigenvalue weighted by Crippen LogP contribution is -2.39. The predicted octanol–water partition coefficient (Wildman–Crippen LogP) is 2.09. The number of rotatable bonds is 5. The maximum atomic E-state index is 12.5. The normalized spacial score (nSPS) is 22.4. The highest BCUT2D eigenvalue weighted by molar-refractivity contribution is 5.87. The number of hydrogen-bond donors (Lipinski definition) is 1. The van der Waals surface area contributed by atoms with E-state index in [-0.39, 0.29) is 6.54 Å². The smallest absolute Gasteiger partial charge is 0.379 e. The molecule has 25 heavy (non-hydrogen) atoms. The maximum Gasteiger partial charge on any atom is 0.406 e. The van der Waals surface area contributed by atoms with E-state index in [0.717, 1.165) is 35.8 Å². The van der Waals surface area contributed by atoms with E-state index in [0.29, 0.717) is 19.6 Å². The number of amides is 1. The van der Waals surface area contributed by atoms with E-state index < -0.39 is 24.7 Å². The number of carbonyl (C=O) groups excluding carboxylic acids is 1. The second-order valence-electron chi connectivity index (χ2n) is 6.41.